The molecular formula is C19H20N2O2. The number of nitrogens with zero attached hydrogens (tertiary/aromatic N) is 1. The summed E-state index contributed by atoms with van der Waals surface area (Å²) in [7, 11) is 0. The standard InChI is InChI=1S/C19H20N2O2/c1-2-23-18-9-4-3-8-17(18)10-11-19(22)21-14-16-7-5-6-15(12-16)13-20/h3-9,12H,2,10-11,14H2,1H3,(H,21,22). The summed E-state index contributed by atoms with van der Waals surface area (Å²) in [4.78, 5) is 12.0. The van der Waals surface area contributed by atoms with E-state index in [0.717, 1.165) is 16.9 Å². The van der Waals surface area contributed by atoms with Gasteiger partial charge in [0.05, 0.1) is 18.2 Å². The van der Waals surface area contributed by atoms with E-state index in [1.807, 2.05) is 43.3 Å². The van der Waals surface area contributed by atoms with E-state index in [2.05, 4.69) is 11.4 Å². The highest BCUT2D eigenvalue weighted by Gasteiger charge is 2.06. The first kappa shape index (κ1) is 16.6. The Morgan fingerprint density at radius 3 is 2.83 bits per heavy atom. The summed E-state index contributed by atoms with van der Waals surface area (Å²) in [6.07, 6.45) is 1.04. The van der Waals surface area contributed by atoms with Gasteiger partial charge >= 0.3 is 0 Å². The molecule has 2 rings (SSSR count). The summed E-state index contributed by atoms with van der Waals surface area (Å²) in [5, 5.41) is 11.8. The van der Waals surface area contributed by atoms with Gasteiger partial charge in [-0.3, -0.25) is 4.79 Å². The monoisotopic (exact) mass is 308 g/mol. The fraction of sp³-hybridized carbons (Fsp3) is 0.263. The Hall–Kier alpha value is -2.80. The molecule has 0 fully saturated rings. The van der Waals surface area contributed by atoms with Gasteiger partial charge in [0.25, 0.3) is 0 Å². The zero-order chi connectivity index (χ0) is 16.5. The van der Waals surface area contributed by atoms with Crippen molar-refractivity contribution in [3.8, 4) is 11.8 Å². The van der Waals surface area contributed by atoms with Gasteiger partial charge in [-0.1, -0.05) is 30.3 Å². The molecule has 0 saturated carbocycles. The van der Waals surface area contributed by atoms with Gasteiger partial charge in [0, 0.05) is 13.0 Å². The van der Waals surface area contributed by atoms with Crippen LogP contribution in [0.3, 0.4) is 0 Å². The lowest BCUT2D eigenvalue weighted by atomic mass is 10.1. The topological polar surface area (TPSA) is 62.1 Å². The van der Waals surface area contributed by atoms with Gasteiger partial charge in [0.2, 0.25) is 5.91 Å². The molecule has 0 aliphatic heterocycles. The molecule has 2 aromatic rings. The van der Waals surface area contributed by atoms with Crippen LogP contribution >= 0.6 is 0 Å². The van der Waals surface area contributed by atoms with Crippen LogP contribution in [0.25, 0.3) is 0 Å². The van der Waals surface area contributed by atoms with Gasteiger partial charge in [-0.15, -0.1) is 0 Å². The Balaban J connectivity index is 1.85. The van der Waals surface area contributed by atoms with E-state index in [1.54, 1.807) is 12.1 Å². The SMILES string of the molecule is CCOc1ccccc1CCC(=O)NCc1cccc(C#N)c1. The minimum atomic E-state index is -0.0151. The van der Waals surface area contributed by atoms with Crippen LogP contribution < -0.4 is 10.1 Å². The highest BCUT2D eigenvalue weighted by molar-refractivity contribution is 5.76. The summed E-state index contributed by atoms with van der Waals surface area (Å²) >= 11 is 0. The average molecular weight is 308 g/mol. The largest absolute Gasteiger partial charge is 0.494 e. The molecule has 0 aliphatic carbocycles. The van der Waals surface area contributed by atoms with Crippen molar-refractivity contribution in [3.05, 3.63) is 65.2 Å². The van der Waals surface area contributed by atoms with Crippen molar-refractivity contribution in [2.24, 2.45) is 0 Å². The summed E-state index contributed by atoms with van der Waals surface area (Å²) < 4.78 is 5.56. The second-order valence-corrected chi connectivity index (χ2v) is 5.13. The number of ether oxygens (including phenoxy) is 1. The van der Waals surface area contributed by atoms with Crippen molar-refractivity contribution in [1.82, 2.24) is 5.32 Å². The Morgan fingerprint density at radius 2 is 2.04 bits per heavy atom. The zero-order valence-electron chi connectivity index (χ0n) is 13.2. The predicted octanol–water partition coefficient (Wildman–Crippen LogP) is 3.21. The Labute approximate surface area is 136 Å². The molecule has 118 valence electrons. The third-order valence-corrected chi connectivity index (χ3v) is 3.44. The summed E-state index contributed by atoms with van der Waals surface area (Å²) in [5.41, 5.74) is 2.56. The van der Waals surface area contributed by atoms with Crippen LogP contribution in [-0.4, -0.2) is 12.5 Å². The number of rotatable bonds is 7. The molecule has 4 nitrogen and oxygen atoms in total. The molecule has 0 bridgehead atoms. The van der Waals surface area contributed by atoms with Crippen LogP contribution in [0, 0.1) is 11.3 Å². The van der Waals surface area contributed by atoms with Crippen LogP contribution in [-0.2, 0) is 17.8 Å². The molecule has 23 heavy (non-hydrogen) atoms. The Kier molecular flexibility index (Phi) is 6.19. The predicted molar refractivity (Wildman–Crippen MR) is 88.9 cm³/mol. The fourth-order valence-electron chi connectivity index (χ4n) is 2.29. The third kappa shape index (κ3) is 5.15. The smallest absolute Gasteiger partial charge is 0.220 e. The number of benzene rings is 2. The normalized spacial score (nSPS) is 9.91. The van der Waals surface area contributed by atoms with Crippen molar-refractivity contribution in [1.29, 1.82) is 5.26 Å². The van der Waals surface area contributed by atoms with E-state index in [0.29, 0.717) is 31.6 Å². The van der Waals surface area contributed by atoms with E-state index in [9.17, 15) is 4.79 Å². The average Bonchev–Trinajstić information content (AvgIpc) is 2.59. The molecule has 0 radical (unpaired) electrons. The minimum absolute atomic E-state index is 0.0151. The number of amides is 1. The van der Waals surface area contributed by atoms with Crippen LogP contribution in [0.4, 0.5) is 0 Å². The van der Waals surface area contributed by atoms with Crippen molar-refractivity contribution in [2.75, 3.05) is 6.61 Å². The van der Waals surface area contributed by atoms with Gasteiger partial charge in [0.15, 0.2) is 0 Å². The number of hydrogen-bond acceptors (Lipinski definition) is 3. The molecule has 0 aliphatic rings. The molecule has 0 unspecified atom stereocenters. The van der Waals surface area contributed by atoms with Crippen molar-refractivity contribution in [2.45, 2.75) is 26.3 Å². The van der Waals surface area contributed by atoms with Gasteiger partial charge in [-0.2, -0.15) is 5.26 Å². The van der Waals surface area contributed by atoms with Crippen LogP contribution in [0.2, 0.25) is 0 Å². The quantitative estimate of drug-likeness (QED) is 0.854. The molecule has 0 atom stereocenters. The molecule has 0 heterocycles. The molecule has 0 saturated heterocycles. The number of aryl methyl sites for hydroxylation is 1. The van der Waals surface area contributed by atoms with Crippen LogP contribution in [0.1, 0.15) is 30.0 Å². The first-order valence-electron chi connectivity index (χ1n) is 7.69. The van der Waals surface area contributed by atoms with Gasteiger partial charge in [-0.05, 0) is 42.7 Å². The summed E-state index contributed by atoms with van der Waals surface area (Å²) in [6, 6.07) is 17.1. The van der Waals surface area contributed by atoms with E-state index in [1.165, 1.54) is 0 Å². The number of para-hydroxylation sites is 1. The Bertz CT molecular complexity index is 705. The van der Waals surface area contributed by atoms with E-state index in [4.69, 9.17) is 10.00 Å². The summed E-state index contributed by atoms with van der Waals surface area (Å²) in [6.45, 7) is 2.98. The zero-order valence-corrected chi connectivity index (χ0v) is 13.2. The van der Waals surface area contributed by atoms with Crippen LogP contribution in [0.5, 0.6) is 5.75 Å². The second kappa shape index (κ2) is 8.60. The van der Waals surface area contributed by atoms with Gasteiger partial charge in [0.1, 0.15) is 5.75 Å². The second-order valence-electron chi connectivity index (χ2n) is 5.13. The van der Waals surface area contributed by atoms with E-state index in [-0.39, 0.29) is 5.91 Å². The third-order valence-electron chi connectivity index (χ3n) is 3.44. The van der Waals surface area contributed by atoms with Crippen molar-refractivity contribution < 1.29 is 9.53 Å². The highest BCUT2D eigenvalue weighted by atomic mass is 16.5. The lowest BCUT2D eigenvalue weighted by Crippen LogP contribution is -2.23. The first-order valence-corrected chi connectivity index (χ1v) is 7.69. The van der Waals surface area contributed by atoms with Gasteiger partial charge in [-0.25, -0.2) is 0 Å². The van der Waals surface area contributed by atoms with E-state index < -0.39 is 0 Å². The number of carbonyl (C=O) groups is 1. The molecule has 1 amide bonds. The molecule has 1 N–H and O–H groups in total. The number of nitrogens with one attached hydrogen (secondary N) is 1. The minimum Gasteiger partial charge on any atom is -0.494 e. The number of hydrogen-bond donors (Lipinski definition) is 1. The maximum Gasteiger partial charge on any atom is 0.220 e. The lowest BCUT2D eigenvalue weighted by Gasteiger charge is -2.10. The fourth-order valence-corrected chi connectivity index (χ4v) is 2.29. The molecule has 0 spiro atoms. The maximum absolute atomic E-state index is 12.0. The van der Waals surface area contributed by atoms with E-state index >= 15 is 0 Å². The molecular weight excluding hydrogens is 288 g/mol. The van der Waals surface area contributed by atoms with Crippen molar-refractivity contribution in [3.63, 3.8) is 0 Å². The van der Waals surface area contributed by atoms with Crippen molar-refractivity contribution >= 4 is 5.91 Å². The highest BCUT2D eigenvalue weighted by Crippen LogP contribution is 2.19. The molecule has 2 aromatic carbocycles. The van der Waals surface area contributed by atoms with Crippen LogP contribution in [0.15, 0.2) is 48.5 Å². The maximum atomic E-state index is 12.0. The summed E-state index contributed by atoms with van der Waals surface area (Å²) in [5.74, 6) is 0.822. The first-order chi connectivity index (χ1) is 11.2. The number of nitriles is 1. The molecule has 4 heteroatoms. The number of carbonyl (C=O) groups excluding carboxylic acids is 1. The Morgan fingerprint density at radius 1 is 1.22 bits per heavy atom. The molecule has 0 aromatic heterocycles. The lowest BCUT2D eigenvalue weighted by molar-refractivity contribution is -0.121. The van der Waals surface area contributed by atoms with Gasteiger partial charge < -0.3 is 10.1 Å².